The number of hydrogen-bond donors (Lipinski definition) is 1. The van der Waals surface area contributed by atoms with Crippen LogP contribution in [0.25, 0.3) is 0 Å². The van der Waals surface area contributed by atoms with Crippen molar-refractivity contribution >= 4 is 0 Å². The van der Waals surface area contributed by atoms with E-state index in [-0.39, 0.29) is 5.41 Å². The fourth-order valence-electron chi connectivity index (χ4n) is 2.07. The molecule has 0 bridgehead atoms. The van der Waals surface area contributed by atoms with Crippen LogP contribution < -0.4 is 5.32 Å². The maximum Gasteiger partial charge on any atom is 0.0683 e. The quantitative estimate of drug-likeness (QED) is 0.671. The van der Waals surface area contributed by atoms with Crippen LogP contribution in [0.2, 0.25) is 0 Å². The maximum atomic E-state index is 8.92. The molecule has 1 fully saturated rings. The third kappa shape index (κ3) is 4.11. The first-order valence-electron chi connectivity index (χ1n) is 6.45. The summed E-state index contributed by atoms with van der Waals surface area (Å²) in [7, 11) is 0. The molecule has 0 aromatic carbocycles. The largest absolute Gasteiger partial charge is 0.314 e. The topological polar surface area (TPSA) is 39.1 Å². The molecule has 1 aliphatic heterocycles. The molecule has 92 valence electrons. The van der Waals surface area contributed by atoms with Gasteiger partial charge < -0.3 is 5.32 Å². The molecular weight excluding hydrogens is 198 g/mol. The van der Waals surface area contributed by atoms with Crippen LogP contribution in [0.1, 0.15) is 40.0 Å². The summed E-state index contributed by atoms with van der Waals surface area (Å²) < 4.78 is 0. The second kappa shape index (κ2) is 6.22. The van der Waals surface area contributed by atoms with Crippen LogP contribution in [0.3, 0.4) is 0 Å². The molecule has 0 aromatic heterocycles. The predicted molar refractivity (Wildman–Crippen MR) is 67.1 cm³/mol. The maximum absolute atomic E-state index is 8.92. The standard InChI is InChI=1S/C13H25N3/c1-4-16(12-9-15-10-12)8-6-5-7-13(2,3)11-14/h12,15H,4-10H2,1-3H3. The van der Waals surface area contributed by atoms with E-state index < -0.39 is 0 Å². The minimum absolute atomic E-state index is 0.144. The minimum Gasteiger partial charge on any atom is -0.314 e. The molecule has 1 aliphatic rings. The van der Waals surface area contributed by atoms with E-state index in [0.29, 0.717) is 0 Å². The third-order valence-corrected chi connectivity index (χ3v) is 3.48. The van der Waals surface area contributed by atoms with E-state index in [1.165, 1.54) is 13.0 Å². The van der Waals surface area contributed by atoms with Gasteiger partial charge in [0, 0.05) is 19.1 Å². The van der Waals surface area contributed by atoms with E-state index >= 15 is 0 Å². The van der Waals surface area contributed by atoms with Crippen molar-refractivity contribution in [3.63, 3.8) is 0 Å². The fraction of sp³-hybridized carbons (Fsp3) is 0.923. The van der Waals surface area contributed by atoms with Crippen LogP contribution in [0, 0.1) is 16.7 Å². The summed E-state index contributed by atoms with van der Waals surface area (Å²) in [6, 6.07) is 3.12. The van der Waals surface area contributed by atoms with Crippen LogP contribution in [0.5, 0.6) is 0 Å². The van der Waals surface area contributed by atoms with Crippen molar-refractivity contribution in [2.24, 2.45) is 5.41 Å². The van der Waals surface area contributed by atoms with E-state index in [1.54, 1.807) is 0 Å². The number of hydrogen-bond acceptors (Lipinski definition) is 3. The average molecular weight is 223 g/mol. The molecule has 1 rings (SSSR count). The van der Waals surface area contributed by atoms with Gasteiger partial charge in [-0.1, -0.05) is 13.3 Å². The van der Waals surface area contributed by atoms with Crippen LogP contribution in [-0.2, 0) is 0 Å². The Bertz CT molecular complexity index is 238. The first kappa shape index (κ1) is 13.5. The van der Waals surface area contributed by atoms with E-state index in [9.17, 15) is 0 Å². The van der Waals surface area contributed by atoms with Crippen molar-refractivity contribution in [3.8, 4) is 6.07 Å². The first-order chi connectivity index (χ1) is 7.59. The van der Waals surface area contributed by atoms with Crippen molar-refractivity contribution in [1.82, 2.24) is 10.2 Å². The van der Waals surface area contributed by atoms with E-state index in [4.69, 9.17) is 5.26 Å². The summed E-state index contributed by atoms with van der Waals surface area (Å²) >= 11 is 0. The molecule has 0 aliphatic carbocycles. The highest BCUT2D eigenvalue weighted by atomic mass is 15.2. The Kier molecular flexibility index (Phi) is 5.24. The number of rotatable bonds is 7. The first-order valence-corrected chi connectivity index (χ1v) is 6.45. The van der Waals surface area contributed by atoms with Gasteiger partial charge in [0.25, 0.3) is 0 Å². The van der Waals surface area contributed by atoms with Gasteiger partial charge in [0.1, 0.15) is 0 Å². The summed E-state index contributed by atoms with van der Waals surface area (Å²) in [6.45, 7) is 10.9. The molecule has 0 spiro atoms. The highest BCUT2D eigenvalue weighted by molar-refractivity contribution is 4.91. The SMILES string of the molecule is CCN(CCCCC(C)(C)C#N)C1CNC1. The molecule has 0 unspecified atom stereocenters. The summed E-state index contributed by atoms with van der Waals surface area (Å²) in [6.07, 6.45) is 3.40. The molecule has 0 saturated carbocycles. The Hall–Kier alpha value is -0.590. The molecule has 0 radical (unpaired) electrons. The Balaban J connectivity index is 2.12. The fourth-order valence-corrected chi connectivity index (χ4v) is 2.07. The van der Waals surface area contributed by atoms with Gasteiger partial charge in [-0.2, -0.15) is 5.26 Å². The Labute approximate surface area is 99.8 Å². The van der Waals surface area contributed by atoms with Gasteiger partial charge in [0.05, 0.1) is 11.5 Å². The second-order valence-corrected chi connectivity index (χ2v) is 5.39. The van der Waals surface area contributed by atoms with Gasteiger partial charge in [-0.05, 0) is 39.8 Å². The zero-order valence-corrected chi connectivity index (χ0v) is 10.9. The van der Waals surface area contributed by atoms with Gasteiger partial charge in [-0.25, -0.2) is 0 Å². The van der Waals surface area contributed by atoms with Crippen molar-refractivity contribution in [1.29, 1.82) is 5.26 Å². The lowest BCUT2D eigenvalue weighted by molar-refractivity contribution is 0.149. The molecule has 1 saturated heterocycles. The van der Waals surface area contributed by atoms with E-state index in [2.05, 4.69) is 23.2 Å². The van der Waals surface area contributed by atoms with Gasteiger partial charge in [-0.3, -0.25) is 4.90 Å². The molecular formula is C13H25N3. The average Bonchev–Trinajstić information content (AvgIpc) is 2.19. The van der Waals surface area contributed by atoms with Crippen molar-refractivity contribution in [3.05, 3.63) is 0 Å². The Morgan fingerprint density at radius 3 is 2.50 bits per heavy atom. The zero-order chi connectivity index (χ0) is 12.0. The number of nitrogens with one attached hydrogen (secondary N) is 1. The van der Waals surface area contributed by atoms with E-state index in [0.717, 1.165) is 38.5 Å². The highest BCUT2D eigenvalue weighted by Gasteiger charge is 2.23. The Morgan fingerprint density at radius 1 is 1.38 bits per heavy atom. The molecule has 0 aromatic rings. The molecule has 0 amide bonds. The molecule has 1 heterocycles. The van der Waals surface area contributed by atoms with Crippen molar-refractivity contribution in [2.45, 2.75) is 46.1 Å². The lowest BCUT2D eigenvalue weighted by Gasteiger charge is -2.37. The highest BCUT2D eigenvalue weighted by Crippen LogP contribution is 2.21. The minimum atomic E-state index is -0.144. The van der Waals surface area contributed by atoms with Gasteiger partial charge in [-0.15, -0.1) is 0 Å². The zero-order valence-electron chi connectivity index (χ0n) is 10.9. The molecule has 0 atom stereocenters. The van der Waals surface area contributed by atoms with Crippen LogP contribution >= 0.6 is 0 Å². The van der Waals surface area contributed by atoms with Crippen LogP contribution in [-0.4, -0.2) is 37.1 Å². The monoisotopic (exact) mass is 223 g/mol. The lowest BCUT2D eigenvalue weighted by atomic mass is 9.89. The number of unbranched alkanes of at least 4 members (excludes halogenated alkanes) is 1. The van der Waals surface area contributed by atoms with Gasteiger partial charge in [0.2, 0.25) is 0 Å². The summed E-state index contributed by atoms with van der Waals surface area (Å²) in [4.78, 5) is 2.55. The lowest BCUT2D eigenvalue weighted by Crippen LogP contribution is -2.57. The molecule has 3 nitrogen and oxygen atoms in total. The van der Waals surface area contributed by atoms with Gasteiger partial charge >= 0.3 is 0 Å². The van der Waals surface area contributed by atoms with Crippen LogP contribution in [0.4, 0.5) is 0 Å². The summed E-state index contributed by atoms with van der Waals surface area (Å²) in [5, 5.41) is 12.2. The van der Waals surface area contributed by atoms with Crippen molar-refractivity contribution in [2.75, 3.05) is 26.2 Å². The van der Waals surface area contributed by atoms with Gasteiger partial charge in [0.15, 0.2) is 0 Å². The number of nitriles is 1. The second-order valence-electron chi connectivity index (χ2n) is 5.39. The van der Waals surface area contributed by atoms with Crippen molar-refractivity contribution < 1.29 is 0 Å². The third-order valence-electron chi connectivity index (χ3n) is 3.48. The van der Waals surface area contributed by atoms with E-state index in [1.807, 2.05) is 13.8 Å². The normalized spacial score (nSPS) is 17.2. The number of likely N-dealkylation sites (N-methyl/N-ethyl adjacent to an activating group) is 1. The molecule has 3 heteroatoms. The van der Waals surface area contributed by atoms with Crippen LogP contribution in [0.15, 0.2) is 0 Å². The summed E-state index contributed by atoms with van der Waals surface area (Å²) in [5.74, 6) is 0. The Morgan fingerprint density at radius 2 is 2.06 bits per heavy atom. The molecule has 1 N–H and O–H groups in total. The predicted octanol–water partition coefficient (Wildman–Crippen LogP) is 2.00. The number of nitrogens with zero attached hydrogens (tertiary/aromatic N) is 2. The molecule has 16 heavy (non-hydrogen) atoms. The smallest absolute Gasteiger partial charge is 0.0683 e. The summed E-state index contributed by atoms with van der Waals surface area (Å²) in [5.41, 5.74) is -0.144.